The van der Waals surface area contributed by atoms with E-state index in [1.807, 2.05) is 38.1 Å². The van der Waals surface area contributed by atoms with Crippen LogP contribution < -0.4 is 10.1 Å². The topological polar surface area (TPSA) is 60.5 Å². The smallest absolute Gasteiger partial charge is 0.256 e. The van der Waals surface area contributed by atoms with E-state index in [0.29, 0.717) is 25.6 Å². The first kappa shape index (κ1) is 20.2. The zero-order valence-corrected chi connectivity index (χ0v) is 16.5. The third-order valence-corrected chi connectivity index (χ3v) is 4.18. The molecule has 2 aromatic rings. The summed E-state index contributed by atoms with van der Waals surface area (Å²) < 4.78 is 11.6. The number of hydrogen-bond donors (Lipinski definition) is 1. The van der Waals surface area contributed by atoms with E-state index < -0.39 is 5.60 Å². The molecule has 5 heteroatoms. The van der Waals surface area contributed by atoms with E-state index in [1.165, 1.54) is 0 Å². The van der Waals surface area contributed by atoms with Crippen LogP contribution in [0.3, 0.4) is 0 Å². The van der Waals surface area contributed by atoms with Gasteiger partial charge in [0, 0.05) is 18.2 Å². The summed E-state index contributed by atoms with van der Waals surface area (Å²) in [5.74, 6) is 0.941. The lowest BCUT2D eigenvalue weighted by molar-refractivity contribution is -0.140. The van der Waals surface area contributed by atoms with Crippen molar-refractivity contribution in [3.05, 3.63) is 30.5 Å². The fourth-order valence-corrected chi connectivity index (χ4v) is 3.15. The molecule has 1 N–H and O–H groups in total. The second-order valence-corrected chi connectivity index (χ2v) is 7.08. The number of pyridine rings is 1. The second kappa shape index (κ2) is 8.99. The molecule has 1 atom stereocenters. The van der Waals surface area contributed by atoms with Crippen molar-refractivity contribution >= 4 is 22.5 Å². The number of benzene rings is 1. The molecule has 1 heterocycles. The molecule has 2 rings (SSSR count). The third kappa shape index (κ3) is 4.73. The predicted octanol–water partition coefficient (Wildman–Crippen LogP) is 4.80. The van der Waals surface area contributed by atoms with Crippen LogP contribution >= 0.6 is 0 Å². The van der Waals surface area contributed by atoms with Gasteiger partial charge in [0.2, 0.25) is 0 Å². The van der Waals surface area contributed by atoms with Gasteiger partial charge in [-0.1, -0.05) is 20.8 Å². The summed E-state index contributed by atoms with van der Waals surface area (Å²) in [7, 11) is 0. The maximum absolute atomic E-state index is 13.0. The Bertz CT molecular complexity index is 745. The average Bonchev–Trinajstić information content (AvgIpc) is 2.60. The van der Waals surface area contributed by atoms with Crippen LogP contribution in [0.25, 0.3) is 10.9 Å². The number of carbonyl (C=O) groups excluding carboxylic acids is 1. The van der Waals surface area contributed by atoms with E-state index in [-0.39, 0.29) is 5.91 Å². The average molecular weight is 358 g/mol. The van der Waals surface area contributed by atoms with Crippen LogP contribution in [0, 0.1) is 5.92 Å². The molecule has 0 saturated heterocycles. The van der Waals surface area contributed by atoms with Gasteiger partial charge in [-0.3, -0.25) is 9.78 Å². The SMILES string of the molecule is CCCOc1ccc(NC(=O)[C@@](C)(CC(C)C)OCC)c2cccnc12. The lowest BCUT2D eigenvalue weighted by Gasteiger charge is -2.30. The fourth-order valence-electron chi connectivity index (χ4n) is 3.15. The van der Waals surface area contributed by atoms with Gasteiger partial charge in [-0.15, -0.1) is 0 Å². The Labute approximate surface area is 156 Å². The Morgan fingerprint density at radius 3 is 2.69 bits per heavy atom. The standard InChI is InChI=1S/C21H30N2O3/c1-6-13-25-18-11-10-17(16-9-8-12-22-19(16)18)23-20(24)21(5,26-7-2)14-15(3)4/h8-12,15H,6-7,13-14H2,1-5H3,(H,23,24)/t21-/m1/s1. The van der Waals surface area contributed by atoms with Crippen LogP contribution in [-0.2, 0) is 9.53 Å². The molecule has 0 fully saturated rings. The minimum Gasteiger partial charge on any atom is -0.491 e. The number of fused-ring (bicyclic) bond motifs is 1. The van der Waals surface area contributed by atoms with Gasteiger partial charge in [-0.05, 0) is 56.9 Å². The summed E-state index contributed by atoms with van der Waals surface area (Å²) in [5.41, 5.74) is 0.604. The van der Waals surface area contributed by atoms with E-state index in [9.17, 15) is 4.79 Å². The molecule has 1 amide bonds. The first-order valence-electron chi connectivity index (χ1n) is 9.37. The van der Waals surface area contributed by atoms with Crippen LogP contribution in [0.5, 0.6) is 5.75 Å². The molecule has 0 aliphatic carbocycles. The normalized spacial score (nSPS) is 13.6. The molecule has 1 aromatic carbocycles. The fraction of sp³-hybridized carbons (Fsp3) is 0.524. The summed E-state index contributed by atoms with van der Waals surface area (Å²) in [6, 6.07) is 7.53. The van der Waals surface area contributed by atoms with E-state index in [1.54, 1.807) is 6.20 Å². The minimum atomic E-state index is -0.866. The van der Waals surface area contributed by atoms with Crippen molar-refractivity contribution in [1.82, 2.24) is 4.98 Å². The number of anilines is 1. The Balaban J connectivity index is 2.34. The van der Waals surface area contributed by atoms with Crippen molar-refractivity contribution in [1.29, 1.82) is 0 Å². The summed E-state index contributed by atoms with van der Waals surface area (Å²) in [5, 5.41) is 3.90. The molecule has 0 bridgehead atoms. The number of nitrogens with one attached hydrogen (secondary N) is 1. The Morgan fingerprint density at radius 1 is 1.27 bits per heavy atom. The number of hydrogen-bond acceptors (Lipinski definition) is 4. The van der Waals surface area contributed by atoms with Gasteiger partial charge >= 0.3 is 0 Å². The minimum absolute atomic E-state index is 0.138. The monoisotopic (exact) mass is 358 g/mol. The van der Waals surface area contributed by atoms with E-state index >= 15 is 0 Å². The molecule has 0 aliphatic rings. The van der Waals surface area contributed by atoms with Crippen LogP contribution in [0.4, 0.5) is 5.69 Å². The maximum atomic E-state index is 13.0. The largest absolute Gasteiger partial charge is 0.491 e. The summed E-state index contributed by atoms with van der Waals surface area (Å²) >= 11 is 0. The Kier molecular flexibility index (Phi) is 6.98. The molecular formula is C21H30N2O3. The highest BCUT2D eigenvalue weighted by atomic mass is 16.5. The molecule has 142 valence electrons. The quantitative estimate of drug-likeness (QED) is 0.699. The van der Waals surface area contributed by atoms with Gasteiger partial charge in [0.1, 0.15) is 16.9 Å². The molecule has 0 spiro atoms. The van der Waals surface area contributed by atoms with Crippen molar-refractivity contribution in [3.63, 3.8) is 0 Å². The Morgan fingerprint density at radius 2 is 2.04 bits per heavy atom. The first-order chi connectivity index (χ1) is 12.4. The number of rotatable bonds is 9. The van der Waals surface area contributed by atoms with Crippen LogP contribution in [-0.4, -0.2) is 29.7 Å². The summed E-state index contributed by atoms with van der Waals surface area (Å²) in [6.07, 6.45) is 3.31. The van der Waals surface area contributed by atoms with Gasteiger partial charge in [-0.25, -0.2) is 0 Å². The van der Waals surface area contributed by atoms with E-state index in [2.05, 4.69) is 31.1 Å². The van der Waals surface area contributed by atoms with Crippen molar-refractivity contribution in [2.24, 2.45) is 5.92 Å². The zero-order valence-electron chi connectivity index (χ0n) is 16.5. The molecule has 0 aliphatic heterocycles. The van der Waals surface area contributed by atoms with E-state index in [4.69, 9.17) is 9.47 Å². The molecule has 0 saturated carbocycles. The van der Waals surface area contributed by atoms with Crippen LogP contribution in [0.1, 0.15) is 47.5 Å². The van der Waals surface area contributed by atoms with Gasteiger partial charge in [-0.2, -0.15) is 0 Å². The summed E-state index contributed by atoms with van der Waals surface area (Å²) in [6.45, 7) is 11.1. The first-order valence-corrected chi connectivity index (χ1v) is 9.37. The summed E-state index contributed by atoms with van der Waals surface area (Å²) in [4.78, 5) is 17.4. The number of amides is 1. The third-order valence-electron chi connectivity index (χ3n) is 4.18. The molecule has 1 aromatic heterocycles. The van der Waals surface area contributed by atoms with Crippen molar-refractivity contribution in [2.45, 2.75) is 53.1 Å². The second-order valence-electron chi connectivity index (χ2n) is 7.08. The van der Waals surface area contributed by atoms with Crippen LogP contribution in [0.15, 0.2) is 30.5 Å². The van der Waals surface area contributed by atoms with Gasteiger partial charge in [0.05, 0.1) is 12.3 Å². The number of nitrogens with zero attached hydrogens (tertiary/aromatic N) is 1. The predicted molar refractivity (Wildman–Crippen MR) is 106 cm³/mol. The van der Waals surface area contributed by atoms with Crippen LogP contribution in [0.2, 0.25) is 0 Å². The van der Waals surface area contributed by atoms with Crippen molar-refractivity contribution in [2.75, 3.05) is 18.5 Å². The van der Waals surface area contributed by atoms with Crippen molar-refractivity contribution < 1.29 is 14.3 Å². The number of aromatic nitrogens is 1. The lowest BCUT2D eigenvalue weighted by atomic mass is 9.93. The van der Waals surface area contributed by atoms with Gasteiger partial charge in [0.25, 0.3) is 5.91 Å². The Hall–Kier alpha value is -2.14. The molecule has 26 heavy (non-hydrogen) atoms. The van der Waals surface area contributed by atoms with Crippen molar-refractivity contribution in [3.8, 4) is 5.75 Å². The highest BCUT2D eigenvalue weighted by Crippen LogP contribution is 2.31. The molecule has 0 radical (unpaired) electrons. The lowest BCUT2D eigenvalue weighted by Crippen LogP contribution is -2.44. The molecule has 0 unspecified atom stereocenters. The van der Waals surface area contributed by atoms with Gasteiger partial charge in [0.15, 0.2) is 0 Å². The number of carbonyl (C=O) groups is 1. The van der Waals surface area contributed by atoms with E-state index in [0.717, 1.165) is 28.8 Å². The van der Waals surface area contributed by atoms with Gasteiger partial charge < -0.3 is 14.8 Å². The highest BCUT2D eigenvalue weighted by molar-refractivity contribution is 6.05. The maximum Gasteiger partial charge on any atom is 0.256 e. The zero-order chi connectivity index (χ0) is 19.2. The number of ether oxygens (including phenoxy) is 2. The highest BCUT2D eigenvalue weighted by Gasteiger charge is 2.35. The molecule has 5 nitrogen and oxygen atoms in total. The molecular weight excluding hydrogens is 328 g/mol.